The second kappa shape index (κ2) is 6.83. The highest BCUT2D eigenvalue weighted by Gasteiger charge is 2.18. The van der Waals surface area contributed by atoms with Gasteiger partial charge in [0.25, 0.3) is 0 Å². The van der Waals surface area contributed by atoms with Crippen LogP contribution < -0.4 is 5.32 Å². The van der Waals surface area contributed by atoms with Crippen LogP contribution in [0.2, 0.25) is 0 Å². The van der Waals surface area contributed by atoms with Crippen LogP contribution in [0.3, 0.4) is 0 Å². The summed E-state index contributed by atoms with van der Waals surface area (Å²) >= 11 is 0. The van der Waals surface area contributed by atoms with E-state index in [0.717, 1.165) is 25.6 Å². The Morgan fingerprint density at radius 2 is 2.20 bits per heavy atom. The van der Waals surface area contributed by atoms with Crippen LogP contribution in [-0.2, 0) is 4.79 Å². The maximum Gasteiger partial charge on any atom is 0.223 e. The number of carbonyl (C=O) groups excluding carboxylic acids is 1. The molecule has 0 aliphatic carbocycles. The van der Waals surface area contributed by atoms with E-state index in [1.165, 1.54) is 25.7 Å². The van der Waals surface area contributed by atoms with Gasteiger partial charge in [0.2, 0.25) is 5.91 Å². The number of hydrogen-bond donors (Lipinski definition) is 1. The molecule has 0 bridgehead atoms. The molecule has 1 aliphatic heterocycles. The fourth-order valence-electron chi connectivity index (χ4n) is 2.21. The van der Waals surface area contributed by atoms with Crippen LogP contribution in [0, 0.1) is 5.92 Å². The monoisotopic (exact) mass is 212 g/mol. The average Bonchev–Trinajstić information content (AvgIpc) is 2.50. The first-order chi connectivity index (χ1) is 7.27. The first kappa shape index (κ1) is 12.5. The minimum atomic E-state index is 0.320. The summed E-state index contributed by atoms with van der Waals surface area (Å²) in [6.07, 6.45) is 5.59. The lowest BCUT2D eigenvalue weighted by atomic mass is 9.98. The molecule has 1 unspecified atom stereocenters. The third kappa shape index (κ3) is 4.20. The third-order valence-corrected chi connectivity index (χ3v) is 3.37. The van der Waals surface area contributed by atoms with Crippen LogP contribution in [0.25, 0.3) is 0 Å². The van der Waals surface area contributed by atoms with Gasteiger partial charge in [0.1, 0.15) is 0 Å². The summed E-state index contributed by atoms with van der Waals surface area (Å²) in [5.74, 6) is 1.16. The number of hydrogen-bond acceptors (Lipinski definition) is 2. The number of carbonyl (C=O) groups is 1. The van der Waals surface area contributed by atoms with Gasteiger partial charge in [-0.3, -0.25) is 4.79 Å². The van der Waals surface area contributed by atoms with Gasteiger partial charge in [0.05, 0.1) is 0 Å². The predicted molar refractivity (Wildman–Crippen MR) is 62.8 cm³/mol. The van der Waals surface area contributed by atoms with Gasteiger partial charge in [-0.25, -0.2) is 0 Å². The number of nitrogens with one attached hydrogen (secondary N) is 1. The lowest BCUT2D eigenvalue weighted by Crippen LogP contribution is -2.33. The normalized spacial score (nSPS) is 22.5. The van der Waals surface area contributed by atoms with E-state index in [2.05, 4.69) is 12.2 Å². The Morgan fingerprint density at radius 1 is 1.40 bits per heavy atom. The highest BCUT2D eigenvalue weighted by atomic mass is 16.2. The van der Waals surface area contributed by atoms with Crippen molar-refractivity contribution in [1.82, 2.24) is 10.2 Å². The Bertz CT molecular complexity index is 194. The van der Waals surface area contributed by atoms with E-state index < -0.39 is 0 Å². The minimum absolute atomic E-state index is 0.320. The third-order valence-electron chi connectivity index (χ3n) is 3.37. The summed E-state index contributed by atoms with van der Waals surface area (Å²) in [6.45, 7) is 5.00. The molecule has 3 nitrogen and oxygen atoms in total. The fraction of sp³-hybridized carbons (Fsp3) is 0.917. The van der Waals surface area contributed by atoms with E-state index in [9.17, 15) is 4.79 Å². The first-order valence-corrected chi connectivity index (χ1v) is 6.20. The van der Waals surface area contributed by atoms with Crippen molar-refractivity contribution in [2.75, 3.05) is 26.7 Å². The molecule has 1 N–H and O–H groups in total. The van der Waals surface area contributed by atoms with Crippen molar-refractivity contribution in [3.8, 4) is 0 Å². The zero-order valence-corrected chi connectivity index (χ0v) is 10.1. The van der Waals surface area contributed by atoms with Gasteiger partial charge in [-0.05, 0) is 32.2 Å². The zero-order valence-electron chi connectivity index (χ0n) is 10.1. The second-order valence-corrected chi connectivity index (χ2v) is 4.44. The maximum absolute atomic E-state index is 11.8. The molecule has 0 spiro atoms. The van der Waals surface area contributed by atoms with Crippen molar-refractivity contribution < 1.29 is 4.79 Å². The summed E-state index contributed by atoms with van der Waals surface area (Å²) < 4.78 is 0. The van der Waals surface area contributed by atoms with Crippen LogP contribution >= 0.6 is 0 Å². The molecule has 1 amide bonds. The van der Waals surface area contributed by atoms with Gasteiger partial charge in [-0.15, -0.1) is 0 Å². The van der Waals surface area contributed by atoms with E-state index >= 15 is 0 Å². The summed E-state index contributed by atoms with van der Waals surface area (Å²) in [6, 6.07) is 0. The van der Waals surface area contributed by atoms with Gasteiger partial charge < -0.3 is 10.2 Å². The van der Waals surface area contributed by atoms with E-state index in [4.69, 9.17) is 0 Å². The van der Waals surface area contributed by atoms with Crippen molar-refractivity contribution in [3.63, 3.8) is 0 Å². The zero-order chi connectivity index (χ0) is 11.1. The standard InChI is InChI=1S/C12H24N2O/c1-3-11-5-4-9-14(10-7-11)12(15)6-8-13-2/h11,13H,3-10H2,1-2H3. The summed E-state index contributed by atoms with van der Waals surface area (Å²) in [4.78, 5) is 13.8. The van der Waals surface area contributed by atoms with Gasteiger partial charge in [-0.2, -0.15) is 0 Å². The molecular weight excluding hydrogens is 188 g/mol. The molecule has 0 aromatic heterocycles. The number of rotatable bonds is 4. The molecule has 1 atom stereocenters. The number of likely N-dealkylation sites (tertiary alicyclic amines) is 1. The lowest BCUT2D eigenvalue weighted by molar-refractivity contribution is -0.131. The van der Waals surface area contributed by atoms with Gasteiger partial charge in [0.15, 0.2) is 0 Å². The summed E-state index contributed by atoms with van der Waals surface area (Å²) in [5, 5.41) is 3.03. The van der Waals surface area contributed by atoms with E-state index in [1.54, 1.807) is 0 Å². The number of nitrogens with zero attached hydrogens (tertiary/aromatic N) is 1. The Morgan fingerprint density at radius 3 is 2.87 bits per heavy atom. The highest BCUT2D eigenvalue weighted by molar-refractivity contribution is 5.76. The Labute approximate surface area is 93.2 Å². The fourth-order valence-corrected chi connectivity index (χ4v) is 2.21. The molecule has 88 valence electrons. The molecule has 1 heterocycles. The average molecular weight is 212 g/mol. The SMILES string of the molecule is CCC1CCCN(C(=O)CCNC)CC1. The van der Waals surface area contributed by atoms with Crippen LogP contribution in [0.15, 0.2) is 0 Å². The first-order valence-electron chi connectivity index (χ1n) is 6.20. The van der Waals surface area contributed by atoms with Crippen molar-refractivity contribution in [2.24, 2.45) is 5.92 Å². The number of amides is 1. The van der Waals surface area contributed by atoms with Crippen molar-refractivity contribution in [3.05, 3.63) is 0 Å². The molecule has 1 fully saturated rings. The molecule has 1 aliphatic rings. The molecular formula is C12H24N2O. The highest BCUT2D eigenvalue weighted by Crippen LogP contribution is 2.20. The smallest absolute Gasteiger partial charge is 0.223 e. The van der Waals surface area contributed by atoms with E-state index in [1.807, 2.05) is 11.9 Å². The van der Waals surface area contributed by atoms with E-state index in [0.29, 0.717) is 12.3 Å². The van der Waals surface area contributed by atoms with Crippen LogP contribution in [0.5, 0.6) is 0 Å². The molecule has 1 rings (SSSR count). The van der Waals surface area contributed by atoms with Gasteiger partial charge in [-0.1, -0.05) is 13.3 Å². The van der Waals surface area contributed by atoms with Crippen LogP contribution in [0.1, 0.15) is 39.0 Å². The molecule has 0 aromatic rings. The predicted octanol–water partition coefficient (Wildman–Crippen LogP) is 1.63. The van der Waals surface area contributed by atoms with Gasteiger partial charge >= 0.3 is 0 Å². The molecule has 0 aromatic carbocycles. The van der Waals surface area contributed by atoms with Crippen molar-refractivity contribution in [2.45, 2.75) is 39.0 Å². The second-order valence-electron chi connectivity index (χ2n) is 4.44. The Kier molecular flexibility index (Phi) is 5.69. The van der Waals surface area contributed by atoms with Gasteiger partial charge in [0, 0.05) is 26.1 Å². The van der Waals surface area contributed by atoms with Crippen molar-refractivity contribution in [1.29, 1.82) is 0 Å². The lowest BCUT2D eigenvalue weighted by Gasteiger charge is -2.20. The van der Waals surface area contributed by atoms with Crippen LogP contribution in [-0.4, -0.2) is 37.5 Å². The topological polar surface area (TPSA) is 32.3 Å². The molecule has 0 radical (unpaired) electrons. The Balaban J connectivity index is 2.32. The molecule has 15 heavy (non-hydrogen) atoms. The summed E-state index contributed by atoms with van der Waals surface area (Å²) in [5.41, 5.74) is 0. The minimum Gasteiger partial charge on any atom is -0.343 e. The molecule has 1 saturated heterocycles. The summed E-state index contributed by atoms with van der Waals surface area (Å²) in [7, 11) is 1.89. The Hall–Kier alpha value is -0.570. The molecule has 3 heteroatoms. The molecule has 0 saturated carbocycles. The van der Waals surface area contributed by atoms with Crippen molar-refractivity contribution >= 4 is 5.91 Å². The quantitative estimate of drug-likeness (QED) is 0.768. The largest absolute Gasteiger partial charge is 0.343 e. The van der Waals surface area contributed by atoms with E-state index in [-0.39, 0.29) is 0 Å². The maximum atomic E-state index is 11.8. The van der Waals surface area contributed by atoms with Crippen LogP contribution in [0.4, 0.5) is 0 Å².